The molecule has 0 saturated carbocycles. The van der Waals surface area contributed by atoms with Crippen LogP contribution in [0.1, 0.15) is 27.2 Å². The van der Waals surface area contributed by atoms with Crippen molar-refractivity contribution in [3.8, 4) is 0 Å². The molecule has 1 rings (SSSR count). The Kier molecular flexibility index (Phi) is 22.9. The van der Waals surface area contributed by atoms with Gasteiger partial charge in [-0.05, 0) is 38.8 Å². The first-order valence-corrected chi connectivity index (χ1v) is 16.3. The summed E-state index contributed by atoms with van der Waals surface area (Å²) in [7, 11) is 0. The number of hydrogen-bond acceptors (Lipinski definition) is 9. The van der Waals surface area contributed by atoms with Crippen LogP contribution in [0.15, 0.2) is 95.5 Å². The predicted molar refractivity (Wildman–Crippen MR) is 179 cm³/mol. The Morgan fingerprint density at radius 2 is 1.67 bits per heavy atom. The molecule has 1 aliphatic carbocycles. The Balaban J connectivity index is 1.98. The molecule has 2 unspecified atom stereocenters. The fourth-order valence-electron chi connectivity index (χ4n) is 3.17. The summed E-state index contributed by atoms with van der Waals surface area (Å²) in [4.78, 5) is 13.3. The third-order valence-corrected chi connectivity index (χ3v) is 7.86. The van der Waals surface area contributed by atoms with Crippen LogP contribution >= 0.6 is 23.5 Å². The zero-order valence-electron chi connectivity index (χ0n) is 25.5. The lowest BCUT2D eigenvalue weighted by atomic mass is 10.1. The number of ether oxygens (including phenoxy) is 5. The number of carbonyl (C=O) groups excluding carboxylic acids is 1. The minimum atomic E-state index is -0.535. The first-order chi connectivity index (χ1) is 20.4. The van der Waals surface area contributed by atoms with Crippen LogP contribution in [-0.4, -0.2) is 81.8 Å². The van der Waals surface area contributed by atoms with Gasteiger partial charge < -0.3 is 29.4 Å². The molecule has 0 spiro atoms. The summed E-state index contributed by atoms with van der Waals surface area (Å²) in [6, 6.07) is 0. The molecule has 0 heterocycles. The molecule has 0 bridgehead atoms. The van der Waals surface area contributed by atoms with Gasteiger partial charge in [0.15, 0.2) is 0 Å². The number of hydrogen-bond donors (Lipinski definition) is 1. The predicted octanol–water partition coefficient (Wildman–Crippen LogP) is 6.33. The lowest BCUT2D eigenvalue weighted by Crippen LogP contribution is -2.28. The second-order valence-corrected chi connectivity index (χ2v) is 11.4. The van der Waals surface area contributed by atoms with Crippen LogP contribution in [0, 0.1) is 0 Å². The van der Waals surface area contributed by atoms with Crippen LogP contribution in [0.5, 0.6) is 0 Å². The molecule has 42 heavy (non-hydrogen) atoms. The van der Waals surface area contributed by atoms with Crippen molar-refractivity contribution in [2.75, 3.05) is 64.4 Å². The summed E-state index contributed by atoms with van der Waals surface area (Å²) in [5.41, 5.74) is 8.58. The molecule has 234 valence electrons. The SMILES string of the molecule is C=C(CSC1C=CC/C=C(/C)C=C1)C(=O)OCCOCCOCCOCCOC(N)C(=C)CSC(/C=C\C)=C/C=C/C. The van der Waals surface area contributed by atoms with Gasteiger partial charge in [-0.2, -0.15) is 0 Å². The molecule has 0 amide bonds. The van der Waals surface area contributed by atoms with Gasteiger partial charge in [-0.1, -0.05) is 73.4 Å². The molecule has 0 aromatic carbocycles. The second-order valence-electron chi connectivity index (χ2n) is 9.16. The van der Waals surface area contributed by atoms with Crippen molar-refractivity contribution in [1.82, 2.24) is 0 Å². The molecule has 0 radical (unpaired) electrons. The smallest absolute Gasteiger partial charge is 0.334 e. The third kappa shape index (κ3) is 19.9. The topological polar surface area (TPSA) is 89.2 Å². The van der Waals surface area contributed by atoms with Gasteiger partial charge in [0.25, 0.3) is 0 Å². The maximum Gasteiger partial charge on any atom is 0.334 e. The molecule has 7 nitrogen and oxygen atoms in total. The molecule has 0 fully saturated rings. The Morgan fingerprint density at radius 3 is 2.33 bits per heavy atom. The molecule has 2 N–H and O–H groups in total. The van der Waals surface area contributed by atoms with E-state index >= 15 is 0 Å². The van der Waals surface area contributed by atoms with E-state index < -0.39 is 12.2 Å². The third-order valence-electron chi connectivity index (χ3n) is 5.53. The summed E-state index contributed by atoms with van der Waals surface area (Å²) < 4.78 is 27.3. The fraction of sp³-hybridized carbons (Fsp3) is 0.485. The largest absolute Gasteiger partial charge is 0.460 e. The van der Waals surface area contributed by atoms with E-state index in [1.807, 2.05) is 32.1 Å². The van der Waals surface area contributed by atoms with Gasteiger partial charge in [0, 0.05) is 27.2 Å². The molecule has 0 saturated heterocycles. The summed E-state index contributed by atoms with van der Waals surface area (Å²) in [6.45, 7) is 16.9. The van der Waals surface area contributed by atoms with Gasteiger partial charge in [0.2, 0.25) is 0 Å². The second kappa shape index (κ2) is 25.4. The van der Waals surface area contributed by atoms with Crippen LogP contribution in [0.3, 0.4) is 0 Å². The van der Waals surface area contributed by atoms with Crippen LogP contribution in [0.25, 0.3) is 0 Å². The Bertz CT molecular complexity index is 983. The highest BCUT2D eigenvalue weighted by molar-refractivity contribution is 8.03. The van der Waals surface area contributed by atoms with Crippen LogP contribution in [-0.2, 0) is 28.5 Å². The Hall–Kier alpha value is -2.11. The number of thioether (sulfide) groups is 2. The lowest BCUT2D eigenvalue weighted by molar-refractivity contribution is -0.140. The van der Waals surface area contributed by atoms with E-state index in [0.29, 0.717) is 63.3 Å². The number of rotatable bonds is 23. The van der Waals surface area contributed by atoms with Crippen LogP contribution in [0.2, 0.25) is 0 Å². The molecule has 0 aromatic heterocycles. The minimum Gasteiger partial charge on any atom is -0.460 e. The number of esters is 1. The zero-order chi connectivity index (χ0) is 30.8. The quantitative estimate of drug-likeness (QED) is 0.0352. The number of carbonyl (C=O) groups is 1. The van der Waals surface area contributed by atoms with Crippen molar-refractivity contribution in [3.63, 3.8) is 0 Å². The van der Waals surface area contributed by atoms with Crippen molar-refractivity contribution in [3.05, 3.63) is 95.5 Å². The molecule has 9 heteroatoms. The van der Waals surface area contributed by atoms with Gasteiger partial charge in [-0.3, -0.25) is 0 Å². The average Bonchev–Trinajstić information content (AvgIpc) is 2.97. The van der Waals surface area contributed by atoms with E-state index in [9.17, 15) is 4.79 Å². The lowest BCUT2D eigenvalue weighted by Gasteiger charge is -2.16. The Labute approximate surface area is 261 Å². The fourth-order valence-corrected chi connectivity index (χ4v) is 5.01. The van der Waals surface area contributed by atoms with Gasteiger partial charge >= 0.3 is 5.97 Å². The molecule has 2 atom stereocenters. The van der Waals surface area contributed by atoms with Crippen molar-refractivity contribution in [2.45, 2.75) is 38.7 Å². The summed E-state index contributed by atoms with van der Waals surface area (Å²) in [5, 5.41) is 0.214. The molecular formula is C33H49NO6S2. The van der Waals surface area contributed by atoms with Crippen molar-refractivity contribution < 1.29 is 28.5 Å². The highest BCUT2D eigenvalue weighted by atomic mass is 32.2. The van der Waals surface area contributed by atoms with E-state index in [-0.39, 0.29) is 11.9 Å². The normalized spacial score (nSPS) is 17.7. The van der Waals surface area contributed by atoms with Crippen LogP contribution in [0.4, 0.5) is 0 Å². The standard InChI is InChI=1S/C33H49NO6S2/c1-6-8-13-30(11-7-2)41-25-28(4)32(34)39-23-21-37-19-17-36-18-20-38-22-24-40-33(35)29(5)26-42-31-14-10-9-12-27(3)15-16-31/h6-8,10-16,31-32H,4-5,9,17-26,34H2,1-3H3/b8-6+,11-7-,14-10?,16-15?,27-12-,30-13+. The minimum absolute atomic E-state index is 0.177. The number of allylic oxidation sites excluding steroid dienone is 9. The molecule has 0 aromatic rings. The van der Waals surface area contributed by atoms with Gasteiger partial charge in [-0.25, -0.2) is 4.79 Å². The van der Waals surface area contributed by atoms with Crippen molar-refractivity contribution in [2.24, 2.45) is 5.73 Å². The van der Waals surface area contributed by atoms with E-state index in [1.54, 1.807) is 23.5 Å². The maximum atomic E-state index is 12.1. The Morgan fingerprint density at radius 1 is 1.00 bits per heavy atom. The van der Waals surface area contributed by atoms with E-state index in [4.69, 9.17) is 29.4 Å². The average molecular weight is 620 g/mol. The molecular weight excluding hydrogens is 570 g/mol. The first kappa shape index (κ1) is 37.9. The summed E-state index contributed by atoms with van der Waals surface area (Å²) in [5.74, 6) is 0.799. The number of nitrogens with two attached hydrogens (primary N) is 1. The highest BCUT2D eigenvalue weighted by Crippen LogP contribution is 2.21. The summed E-state index contributed by atoms with van der Waals surface area (Å²) >= 11 is 3.31. The zero-order valence-corrected chi connectivity index (χ0v) is 27.1. The van der Waals surface area contributed by atoms with Crippen LogP contribution < -0.4 is 5.73 Å². The monoisotopic (exact) mass is 619 g/mol. The van der Waals surface area contributed by atoms with E-state index in [0.717, 1.165) is 16.9 Å². The van der Waals surface area contributed by atoms with Crippen molar-refractivity contribution in [1.29, 1.82) is 0 Å². The highest BCUT2D eigenvalue weighted by Gasteiger charge is 2.11. The maximum absolute atomic E-state index is 12.1. The van der Waals surface area contributed by atoms with Crippen molar-refractivity contribution >= 4 is 29.5 Å². The van der Waals surface area contributed by atoms with Gasteiger partial charge in [-0.15, -0.1) is 23.5 Å². The molecule has 1 aliphatic rings. The summed E-state index contributed by atoms with van der Waals surface area (Å²) in [6.07, 6.45) is 21.2. The molecule has 0 aliphatic heterocycles. The van der Waals surface area contributed by atoms with Gasteiger partial charge in [0.1, 0.15) is 12.8 Å². The first-order valence-electron chi connectivity index (χ1n) is 14.2. The van der Waals surface area contributed by atoms with E-state index in [2.05, 4.69) is 62.6 Å². The van der Waals surface area contributed by atoms with Gasteiger partial charge in [0.05, 0.1) is 46.2 Å². The van der Waals surface area contributed by atoms with E-state index in [1.165, 1.54) is 5.57 Å².